The van der Waals surface area contributed by atoms with Crippen molar-refractivity contribution in [2.75, 3.05) is 0 Å². The number of carbonyl (C=O) groups excluding carboxylic acids is 2. The van der Waals surface area contributed by atoms with Gasteiger partial charge in [-0.25, -0.2) is 9.59 Å². The zero-order valence-electron chi connectivity index (χ0n) is 39.8. The van der Waals surface area contributed by atoms with Gasteiger partial charge in [0, 0.05) is 23.1 Å². The molecule has 0 atom stereocenters. The molecule has 0 aliphatic carbocycles. The summed E-state index contributed by atoms with van der Waals surface area (Å²) in [4.78, 5) is 39.7. The van der Waals surface area contributed by atoms with Gasteiger partial charge in [0.1, 0.15) is 0 Å². The van der Waals surface area contributed by atoms with Crippen LogP contribution in [0.3, 0.4) is 0 Å². The largest absolute Gasteiger partial charge is 2.00 e. The Morgan fingerprint density at radius 3 is 0.705 bits per heavy atom. The Morgan fingerprint density at radius 1 is 0.377 bits per heavy atom. The maximum atomic E-state index is 10.3. The SMILES string of the molecule is C=C(C)C(=O)O.C=C(C)C(=O)O.CCCCCCCC/C=C\CCCCCCCCCCCC(=O)[O-].CCCCCCCC/C=C\CCCCCCCCCCCC(=O)[O-].[Cu+2]. The number of rotatable bonds is 40. The fourth-order valence-electron chi connectivity index (χ4n) is 6.09. The quantitative estimate of drug-likeness (QED) is 0.0266. The summed E-state index contributed by atoms with van der Waals surface area (Å²) >= 11 is 0. The molecule has 0 fully saturated rings. The first-order chi connectivity index (χ1) is 28.8. The van der Waals surface area contributed by atoms with Crippen LogP contribution in [0.1, 0.15) is 259 Å². The predicted molar refractivity (Wildman–Crippen MR) is 251 cm³/mol. The molecule has 0 unspecified atom stereocenters. The van der Waals surface area contributed by atoms with Gasteiger partial charge in [0.2, 0.25) is 0 Å². The van der Waals surface area contributed by atoms with Crippen molar-refractivity contribution in [1.82, 2.24) is 0 Å². The molecule has 0 aromatic heterocycles. The molecule has 0 heterocycles. The minimum Gasteiger partial charge on any atom is -0.550 e. The van der Waals surface area contributed by atoms with Crippen LogP contribution in [-0.2, 0) is 36.2 Å². The van der Waals surface area contributed by atoms with Crippen molar-refractivity contribution >= 4 is 23.9 Å². The van der Waals surface area contributed by atoms with Gasteiger partial charge in [-0.2, -0.15) is 0 Å². The van der Waals surface area contributed by atoms with E-state index in [4.69, 9.17) is 10.2 Å². The molecule has 0 aromatic rings. The van der Waals surface area contributed by atoms with Gasteiger partial charge >= 0.3 is 29.0 Å². The molecule has 0 amide bonds. The average molecular weight is 911 g/mol. The van der Waals surface area contributed by atoms with E-state index in [2.05, 4.69) is 51.3 Å². The molecule has 2 N–H and O–H groups in total. The van der Waals surface area contributed by atoms with E-state index in [1.54, 1.807) is 0 Å². The van der Waals surface area contributed by atoms with Crippen LogP contribution in [0.2, 0.25) is 0 Å². The van der Waals surface area contributed by atoms with Crippen LogP contribution in [0.25, 0.3) is 0 Å². The number of aliphatic carboxylic acids is 4. The molecule has 0 spiro atoms. The van der Waals surface area contributed by atoms with E-state index in [0.29, 0.717) is 0 Å². The summed E-state index contributed by atoms with van der Waals surface area (Å²) in [5.74, 6) is -3.68. The summed E-state index contributed by atoms with van der Waals surface area (Å²) in [6, 6.07) is 0. The van der Waals surface area contributed by atoms with Gasteiger partial charge in [0.05, 0.1) is 0 Å². The number of hydrogen-bond donors (Lipinski definition) is 2. The summed E-state index contributed by atoms with van der Waals surface area (Å²) < 4.78 is 0. The van der Waals surface area contributed by atoms with E-state index in [1.165, 1.54) is 206 Å². The first kappa shape index (κ1) is 67.4. The molecule has 61 heavy (non-hydrogen) atoms. The van der Waals surface area contributed by atoms with Gasteiger partial charge in [-0.05, 0) is 90.9 Å². The Morgan fingerprint density at radius 2 is 0.541 bits per heavy atom. The third-order valence-electron chi connectivity index (χ3n) is 10.0. The molecule has 0 rings (SSSR count). The summed E-state index contributed by atoms with van der Waals surface area (Å²) in [5, 5.41) is 36.3. The van der Waals surface area contributed by atoms with Gasteiger partial charge < -0.3 is 30.0 Å². The molecule has 0 bridgehead atoms. The van der Waals surface area contributed by atoms with Crippen LogP contribution in [0.15, 0.2) is 48.6 Å². The standard InChI is InChI=1S/2C22H42O2.2C4H6O2.Cu/c2*1-2-3-4-5-6-7-8-9-10-11-12-13-14-15-16-17-18-19-20-21-22(23)24;2*1-3(2)4(5)6;/h2*9-10H,2-8,11-21H2,1H3,(H,23,24);2*1H2,2H3,(H,5,6);/q;;;;+2/p-2/b2*10-9-;;;. The van der Waals surface area contributed by atoms with Crippen LogP contribution >= 0.6 is 0 Å². The zero-order chi connectivity index (χ0) is 45.7. The molecular weight excluding hydrogens is 816 g/mol. The number of carbonyl (C=O) groups is 4. The topological polar surface area (TPSA) is 155 Å². The second-order valence-electron chi connectivity index (χ2n) is 16.4. The Bertz CT molecular complexity index is 946. The van der Waals surface area contributed by atoms with Crippen molar-refractivity contribution in [2.24, 2.45) is 0 Å². The van der Waals surface area contributed by atoms with Crippen LogP contribution in [0.4, 0.5) is 0 Å². The number of unbranched alkanes of at least 4 members (excludes halogenated alkanes) is 30. The van der Waals surface area contributed by atoms with E-state index in [0.717, 1.165) is 25.7 Å². The molecule has 0 aromatic carbocycles. The van der Waals surface area contributed by atoms with Gasteiger partial charge in [-0.3, -0.25) is 0 Å². The monoisotopic (exact) mass is 910 g/mol. The predicted octanol–water partition coefficient (Wildman–Crippen LogP) is 14.0. The van der Waals surface area contributed by atoms with Crippen molar-refractivity contribution in [1.29, 1.82) is 0 Å². The third-order valence-corrected chi connectivity index (χ3v) is 10.0. The van der Waals surface area contributed by atoms with E-state index < -0.39 is 23.9 Å². The average Bonchev–Trinajstić information content (AvgIpc) is 3.20. The molecule has 0 aliphatic heterocycles. The smallest absolute Gasteiger partial charge is 0.550 e. The van der Waals surface area contributed by atoms with Gasteiger partial charge in [0.15, 0.2) is 0 Å². The van der Waals surface area contributed by atoms with Crippen LogP contribution in [-0.4, -0.2) is 34.1 Å². The fraction of sp³-hybridized carbons (Fsp3) is 0.769. The first-order valence-electron chi connectivity index (χ1n) is 24.3. The summed E-state index contributed by atoms with van der Waals surface area (Å²) in [6.45, 7) is 13.7. The van der Waals surface area contributed by atoms with Crippen LogP contribution < -0.4 is 10.2 Å². The number of carboxylic acid groups (broad SMARTS) is 4. The van der Waals surface area contributed by atoms with E-state index in [9.17, 15) is 29.4 Å². The minimum absolute atomic E-state index is 0. The zero-order valence-corrected chi connectivity index (χ0v) is 40.8. The molecule has 9 heteroatoms. The van der Waals surface area contributed by atoms with Crippen molar-refractivity contribution < 1.29 is 56.7 Å². The summed E-state index contributed by atoms with van der Waals surface area (Å²) in [7, 11) is 0. The number of hydrogen-bond acceptors (Lipinski definition) is 6. The van der Waals surface area contributed by atoms with E-state index in [1.807, 2.05) is 0 Å². The van der Waals surface area contributed by atoms with Crippen molar-refractivity contribution in [3.8, 4) is 0 Å². The van der Waals surface area contributed by atoms with Crippen molar-refractivity contribution in [3.63, 3.8) is 0 Å². The van der Waals surface area contributed by atoms with Gasteiger partial charge in [-0.1, -0.05) is 205 Å². The van der Waals surface area contributed by atoms with Crippen LogP contribution in [0, 0.1) is 0 Å². The minimum atomic E-state index is -0.935. The number of carboxylic acids is 4. The van der Waals surface area contributed by atoms with E-state index in [-0.39, 0.29) is 41.1 Å². The third kappa shape index (κ3) is 78.4. The Kier molecular flexibility index (Phi) is 65.7. The number of allylic oxidation sites excluding steroid dienone is 4. The van der Waals surface area contributed by atoms with Gasteiger partial charge in [0.25, 0.3) is 0 Å². The normalized spacial score (nSPS) is 10.4. The maximum absolute atomic E-state index is 10.3. The summed E-state index contributed by atoms with van der Waals surface area (Å²) in [5.41, 5.74) is 0.352. The molecule has 0 saturated carbocycles. The second kappa shape index (κ2) is 59.5. The molecular formula is C52H94CuO8. The molecule has 361 valence electrons. The Labute approximate surface area is 386 Å². The maximum Gasteiger partial charge on any atom is 2.00 e. The van der Waals surface area contributed by atoms with E-state index >= 15 is 0 Å². The van der Waals surface area contributed by atoms with Crippen LogP contribution in [0.5, 0.6) is 0 Å². The second-order valence-corrected chi connectivity index (χ2v) is 16.4. The molecule has 8 nitrogen and oxygen atoms in total. The Balaban J connectivity index is -0.000000266. The summed E-state index contributed by atoms with van der Waals surface area (Å²) in [6.07, 6.45) is 53.5. The molecule has 1 radical (unpaired) electrons. The van der Waals surface area contributed by atoms with Crippen molar-refractivity contribution in [3.05, 3.63) is 48.6 Å². The fourth-order valence-corrected chi connectivity index (χ4v) is 6.09. The van der Waals surface area contributed by atoms with Gasteiger partial charge in [-0.15, -0.1) is 0 Å². The van der Waals surface area contributed by atoms with Crippen molar-refractivity contribution in [2.45, 2.75) is 259 Å². The molecule has 0 aliphatic rings. The first-order valence-corrected chi connectivity index (χ1v) is 24.3. The Hall–Kier alpha value is -2.64. The molecule has 0 saturated heterocycles.